The number of methoxy groups -OCH3 is 1. The first kappa shape index (κ1) is 9.86. The van der Waals surface area contributed by atoms with Crippen molar-refractivity contribution in [1.82, 2.24) is 5.32 Å². The summed E-state index contributed by atoms with van der Waals surface area (Å²) in [6, 6.07) is 0. The summed E-state index contributed by atoms with van der Waals surface area (Å²) in [5, 5.41) is 4.31. The number of hydrogen-bond acceptors (Lipinski definition) is 4. The Hall–Kier alpha value is -0.220. The summed E-state index contributed by atoms with van der Waals surface area (Å²) >= 11 is 1.63. The molecule has 0 saturated heterocycles. The molecule has 1 atom stereocenters. The van der Waals surface area contributed by atoms with Crippen molar-refractivity contribution >= 4 is 16.9 Å². The largest absolute Gasteiger partial charge is 0.360 e. The van der Waals surface area contributed by atoms with E-state index in [2.05, 4.69) is 24.2 Å². The zero-order valence-corrected chi connectivity index (χ0v) is 8.86. The van der Waals surface area contributed by atoms with E-state index in [1.54, 1.807) is 18.9 Å². The molecule has 0 aromatic rings. The van der Waals surface area contributed by atoms with E-state index >= 15 is 0 Å². The van der Waals surface area contributed by atoms with Crippen molar-refractivity contribution in [2.45, 2.75) is 32.0 Å². The summed E-state index contributed by atoms with van der Waals surface area (Å²) in [5.41, 5.74) is 0.0980. The lowest BCUT2D eigenvalue weighted by Crippen LogP contribution is -2.48. The lowest BCUT2D eigenvalue weighted by molar-refractivity contribution is 0.0764. The molecule has 0 bridgehead atoms. The number of rotatable bonds is 1. The lowest BCUT2D eigenvalue weighted by Gasteiger charge is -2.34. The Labute approximate surface area is 78.0 Å². The van der Waals surface area contributed by atoms with Crippen LogP contribution in [0.1, 0.15) is 20.3 Å². The average molecular weight is 188 g/mol. The molecule has 1 heterocycles. The van der Waals surface area contributed by atoms with Gasteiger partial charge in [-0.15, -0.1) is 0 Å². The van der Waals surface area contributed by atoms with Gasteiger partial charge in [0.1, 0.15) is 0 Å². The first-order valence-corrected chi connectivity index (χ1v) is 5.22. The molecule has 70 valence electrons. The van der Waals surface area contributed by atoms with Gasteiger partial charge in [-0.3, -0.25) is 0 Å². The lowest BCUT2D eigenvalue weighted by atomic mass is 9.99. The second-order valence-electron chi connectivity index (χ2n) is 3.54. The Morgan fingerprint density at radius 3 is 2.83 bits per heavy atom. The molecule has 1 aliphatic heterocycles. The number of aliphatic imine (C=N–C) groups is 1. The van der Waals surface area contributed by atoms with Crippen molar-refractivity contribution in [3.05, 3.63) is 0 Å². The van der Waals surface area contributed by atoms with Crippen LogP contribution >= 0.6 is 11.8 Å². The second-order valence-corrected chi connectivity index (χ2v) is 4.34. The van der Waals surface area contributed by atoms with Crippen LogP contribution in [0.3, 0.4) is 0 Å². The maximum absolute atomic E-state index is 5.22. The standard InChI is InChI=1S/C8H16N2OS/c1-8(2)5-6(11-3)9-7(10-8)12-4/h6H,5H2,1-4H3,(H,9,10)/t6-/m1/s1. The van der Waals surface area contributed by atoms with E-state index in [-0.39, 0.29) is 11.8 Å². The van der Waals surface area contributed by atoms with Gasteiger partial charge in [0.2, 0.25) is 0 Å². The van der Waals surface area contributed by atoms with Gasteiger partial charge in [0.05, 0.1) is 0 Å². The zero-order valence-electron chi connectivity index (χ0n) is 8.05. The summed E-state index contributed by atoms with van der Waals surface area (Å²) in [6.45, 7) is 4.31. The quantitative estimate of drug-likeness (QED) is 0.676. The van der Waals surface area contributed by atoms with Crippen LogP contribution in [0.5, 0.6) is 0 Å². The predicted molar refractivity (Wildman–Crippen MR) is 53.6 cm³/mol. The van der Waals surface area contributed by atoms with Crippen LogP contribution in [0.25, 0.3) is 0 Å². The smallest absolute Gasteiger partial charge is 0.159 e. The van der Waals surface area contributed by atoms with E-state index in [0.717, 1.165) is 11.6 Å². The Kier molecular flexibility index (Phi) is 3.01. The molecular weight excluding hydrogens is 172 g/mol. The van der Waals surface area contributed by atoms with Crippen molar-refractivity contribution in [2.75, 3.05) is 13.4 Å². The maximum atomic E-state index is 5.22. The van der Waals surface area contributed by atoms with Crippen LogP contribution in [0, 0.1) is 0 Å². The maximum Gasteiger partial charge on any atom is 0.159 e. The number of ether oxygens (including phenoxy) is 1. The van der Waals surface area contributed by atoms with E-state index in [0.29, 0.717) is 0 Å². The Bertz CT molecular complexity index is 191. The normalized spacial score (nSPS) is 27.7. The number of thioether (sulfide) groups is 1. The van der Waals surface area contributed by atoms with Crippen LogP contribution in [-0.2, 0) is 4.74 Å². The molecule has 1 N–H and O–H groups in total. The number of amidine groups is 1. The van der Waals surface area contributed by atoms with Gasteiger partial charge in [-0.2, -0.15) is 0 Å². The van der Waals surface area contributed by atoms with Crippen molar-refractivity contribution in [3.8, 4) is 0 Å². The van der Waals surface area contributed by atoms with Crippen LogP contribution in [0.15, 0.2) is 4.99 Å². The number of nitrogens with one attached hydrogen (secondary N) is 1. The first-order valence-electron chi connectivity index (χ1n) is 4.00. The fourth-order valence-corrected chi connectivity index (χ4v) is 1.83. The van der Waals surface area contributed by atoms with Crippen LogP contribution in [0.4, 0.5) is 0 Å². The van der Waals surface area contributed by atoms with Gasteiger partial charge in [0.15, 0.2) is 11.4 Å². The number of nitrogens with zero attached hydrogens (tertiary/aromatic N) is 1. The molecule has 3 nitrogen and oxygen atoms in total. The Balaban J connectivity index is 2.71. The molecule has 0 aliphatic carbocycles. The third-order valence-corrected chi connectivity index (χ3v) is 2.45. The van der Waals surface area contributed by atoms with Crippen molar-refractivity contribution < 1.29 is 4.74 Å². The molecule has 1 rings (SSSR count). The molecule has 1 aliphatic rings. The van der Waals surface area contributed by atoms with Gasteiger partial charge in [0, 0.05) is 19.1 Å². The Morgan fingerprint density at radius 2 is 2.33 bits per heavy atom. The molecule has 0 radical (unpaired) electrons. The monoisotopic (exact) mass is 188 g/mol. The van der Waals surface area contributed by atoms with Gasteiger partial charge in [-0.05, 0) is 20.1 Å². The molecule has 12 heavy (non-hydrogen) atoms. The second kappa shape index (κ2) is 3.66. The molecule has 4 heteroatoms. The number of hydrogen-bond donors (Lipinski definition) is 1. The van der Waals surface area contributed by atoms with Gasteiger partial charge in [-0.25, -0.2) is 4.99 Å². The average Bonchev–Trinajstić information content (AvgIpc) is 2.01. The highest BCUT2D eigenvalue weighted by molar-refractivity contribution is 8.13. The Morgan fingerprint density at radius 1 is 1.67 bits per heavy atom. The molecule has 0 spiro atoms. The van der Waals surface area contributed by atoms with Crippen molar-refractivity contribution in [3.63, 3.8) is 0 Å². The van der Waals surface area contributed by atoms with Crippen LogP contribution in [0.2, 0.25) is 0 Å². The minimum Gasteiger partial charge on any atom is -0.360 e. The van der Waals surface area contributed by atoms with Gasteiger partial charge in [0.25, 0.3) is 0 Å². The van der Waals surface area contributed by atoms with E-state index < -0.39 is 0 Å². The summed E-state index contributed by atoms with van der Waals surface area (Å²) in [6.07, 6.45) is 2.96. The van der Waals surface area contributed by atoms with Crippen molar-refractivity contribution in [2.24, 2.45) is 4.99 Å². The van der Waals surface area contributed by atoms with Gasteiger partial charge >= 0.3 is 0 Å². The molecule has 0 aromatic carbocycles. The van der Waals surface area contributed by atoms with E-state index in [4.69, 9.17) is 4.74 Å². The first-order chi connectivity index (χ1) is 5.57. The molecule has 0 fully saturated rings. The SMILES string of the molecule is CO[C@@H]1CC(C)(C)NC(SC)=N1. The molecule has 0 amide bonds. The third kappa shape index (κ3) is 2.38. The van der Waals surface area contributed by atoms with Crippen LogP contribution in [-0.4, -0.2) is 30.3 Å². The van der Waals surface area contributed by atoms with E-state index in [1.165, 1.54) is 0 Å². The van der Waals surface area contributed by atoms with Crippen molar-refractivity contribution in [1.29, 1.82) is 0 Å². The zero-order chi connectivity index (χ0) is 9.19. The fourth-order valence-electron chi connectivity index (χ4n) is 1.23. The minimum absolute atomic E-state index is 0.0173. The molecular formula is C8H16N2OS. The fraction of sp³-hybridized carbons (Fsp3) is 0.875. The highest BCUT2D eigenvalue weighted by Gasteiger charge is 2.28. The summed E-state index contributed by atoms with van der Waals surface area (Å²) < 4.78 is 5.22. The summed E-state index contributed by atoms with van der Waals surface area (Å²) in [5.74, 6) is 0. The summed E-state index contributed by atoms with van der Waals surface area (Å²) in [4.78, 5) is 4.36. The topological polar surface area (TPSA) is 33.6 Å². The predicted octanol–water partition coefficient (Wildman–Crippen LogP) is 1.45. The van der Waals surface area contributed by atoms with E-state index in [1.807, 2.05) is 6.26 Å². The highest BCUT2D eigenvalue weighted by Crippen LogP contribution is 2.21. The van der Waals surface area contributed by atoms with Gasteiger partial charge < -0.3 is 10.1 Å². The van der Waals surface area contributed by atoms with Crippen LogP contribution < -0.4 is 5.32 Å². The van der Waals surface area contributed by atoms with E-state index in [9.17, 15) is 0 Å². The highest BCUT2D eigenvalue weighted by atomic mass is 32.2. The van der Waals surface area contributed by atoms with Gasteiger partial charge in [-0.1, -0.05) is 11.8 Å². The molecule has 0 saturated carbocycles. The molecule has 0 aromatic heterocycles. The third-order valence-electron chi connectivity index (χ3n) is 1.86. The molecule has 0 unspecified atom stereocenters. The summed E-state index contributed by atoms with van der Waals surface area (Å²) in [7, 11) is 1.70. The minimum atomic E-state index is 0.0173.